The van der Waals surface area contributed by atoms with Crippen LogP contribution in [0.1, 0.15) is 0 Å². The van der Waals surface area contributed by atoms with Crippen LogP contribution in [0, 0.1) is 5.21 Å². The summed E-state index contributed by atoms with van der Waals surface area (Å²) in [6, 6.07) is 0. The summed E-state index contributed by atoms with van der Waals surface area (Å²) in [7, 11) is 0. The van der Waals surface area contributed by atoms with Gasteiger partial charge in [0, 0.05) is 0 Å². The fraction of sp³-hybridized carbons (Fsp3) is 0.500. The summed E-state index contributed by atoms with van der Waals surface area (Å²) in [6.45, 7) is 0. The molecule has 8 N–H and O–H groups in total. The molecule has 0 aromatic rings. The lowest BCUT2D eigenvalue weighted by atomic mass is 10.2. The smallest absolute Gasteiger partial charge is 0.362 e. The van der Waals surface area contributed by atoms with Crippen molar-refractivity contribution in [2.24, 2.45) is 11.7 Å². The number of hydroxylamine groups is 1. The summed E-state index contributed by atoms with van der Waals surface area (Å²) in [5, 5.41) is 26.4. The van der Waals surface area contributed by atoms with E-state index in [0.29, 0.717) is 0 Å². The van der Waals surface area contributed by atoms with Crippen LogP contribution in [0.4, 0.5) is 0 Å². The highest BCUT2D eigenvalue weighted by Crippen LogP contribution is 1.90. The van der Waals surface area contributed by atoms with Gasteiger partial charge in [-0.25, -0.2) is 15.8 Å². The predicted molar refractivity (Wildman–Crippen MR) is 37.9 cm³/mol. The van der Waals surface area contributed by atoms with Gasteiger partial charge in [0.2, 0.25) is 6.10 Å². The minimum Gasteiger partial charge on any atom is -0.606 e. The van der Waals surface area contributed by atoms with Gasteiger partial charge < -0.3 is 15.4 Å². The maximum absolute atomic E-state index is 10.6. The number of nitrogens with two attached hydrogens (primary N) is 2. The first kappa shape index (κ1) is 11.9. The Balaban J connectivity index is 4.33. The van der Waals surface area contributed by atoms with Crippen LogP contribution in [0.3, 0.4) is 0 Å². The van der Waals surface area contributed by atoms with E-state index < -0.39 is 29.2 Å². The molecule has 76 valence electrons. The number of aliphatic hydroxyl groups is 2. The zero-order chi connectivity index (χ0) is 10.6. The van der Waals surface area contributed by atoms with Gasteiger partial charge in [0.05, 0.1) is 0 Å². The third-order valence-electron chi connectivity index (χ3n) is 1.22. The Labute approximate surface area is 72.4 Å². The monoisotopic (exact) mass is 194 g/mol. The highest BCUT2D eigenvalue weighted by molar-refractivity contribution is 5.87. The van der Waals surface area contributed by atoms with E-state index in [4.69, 9.17) is 10.2 Å². The Morgan fingerprint density at radius 1 is 1.38 bits per heavy atom. The number of hydrazine groups is 1. The van der Waals surface area contributed by atoms with Crippen LogP contribution in [0.25, 0.3) is 0 Å². The number of quaternary nitrogens is 1. The van der Waals surface area contributed by atoms with E-state index in [0.717, 1.165) is 0 Å². The molecule has 0 radical (unpaired) electrons. The van der Waals surface area contributed by atoms with Crippen LogP contribution in [-0.4, -0.2) is 34.2 Å². The van der Waals surface area contributed by atoms with Crippen LogP contribution >= 0.6 is 0 Å². The third kappa shape index (κ3) is 3.02. The van der Waals surface area contributed by atoms with E-state index >= 15 is 0 Å². The molecule has 0 rings (SSSR count). The molecule has 0 aromatic carbocycles. The topological polar surface area (TPSA) is 166 Å². The van der Waals surface area contributed by atoms with Gasteiger partial charge in [-0.1, -0.05) is 0 Å². The maximum Gasteiger partial charge on any atom is 0.362 e. The van der Waals surface area contributed by atoms with E-state index in [1.807, 2.05) is 0 Å². The molecule has 0 bridgehead atoms. The number of aliphatic hydroxyl groups excluding tert-OH is 2. The Hall–Kier alpha value is -1.10. The molecule has 0 aliphatic carbocycles. The van der Waals surface area contributed by atoms with Gasteiger partial charge >= 0.3 is 5.91 Å². The molecule has 0 aliphatic heterocycles. The van der Waals surface area contributed by atoms with Crippen molar-refractivity contribution in [3.63, 3.8) is 0 Å². The normalized spacial score (nSPS) is 17.3. The van der Waals surface area contributed by atoms with Gasteiger partial charge in [-0.3, -0.25) is 10.2 Å². The summed E-state index contributed by atoms with van der Waals surface area (Å²) in [5.41, 5.74) is 1.49. The second-order valence-electron chi connectivity index (χ2n) is 2.13. The average molecular weight is 194 g/mol. The number of carbonyl (C=O) groups excluding carboxylic acids is 2. The summed E-state index contributed by atoms with van der Waals surface area (Å²) in [5.74, 6) is 6.43. The Bertz CT molecular complexity index is 207. The molecule has 0 fully saturated rings. The number of carbonyl (C=O) groups is 2. The quantitative estimate of drug-likeness (QED) is 0.148. The fourth-order valence-corrected chi connectivity index (χ4v) is 0.518. The van der Waals surface area contributed by atoms with E-state index in [1.54, 1.807) is 0 Å². The lowest BCUT2D eigenvalue weighted by Gasteiger charge is -2.18. The van der Waals surface area contributed by atoms with Crippen molar-refractivity contribution in [2.45, 2.75) is 12.2 Å². The molecule has 0 saturated heterocycles. The molecular weight excluding hydrogens is 184 g/mol. The van der Waals surface area contributed by atoms with Crippen molar-refractivity contribution in [2.75, 3.05) is 0 Å². The molecular formula is C4H10N4O5. The highest BCUT2D eigenvalue weighted by Gasteiger charge is 2.33. The first-order valence-electron chi connectivity index (χ1n) is 3.12. The fourth-order valence-electron chi connectivity index (χ4n) is 0.518. The molecule has 3 atom stereocenters. The Morgan fingerprint density at radius 3 is 2.15 bits per heavy atom. The first-order chi connectivity index (χ1) is 5.91. The minimum atomic E-state index is -2.19. The van der Waals surface area contributed by atoms with Crippen LogP contribution in [0.2, 0.25) is 0 Å². The second-order valence-corrected chi connectivity index (χ2v) is 2.13. The van der Waals surface area contributed by atoms with Crippen molar-refractivity contribution < 1.29 is 25.0 Å². The van der Waals surface area contributed by atoms with Gasteiger partial charge in [-0.2, -0.15) is 5.84 Å². The summed E-state index contributed by atoms with van der Waals surface area (Å²) in [4.78, 5) is 21.1. The van der Waals surface area contributed by atoms with E-state index in [1.165, 1.54) is 5.43 Å². The molecule has 13 heavy (non-hydrogen) atoms. The number of rotatable bonds is 3. The molecule has 9 heteroatoms. The summed E-state index contributed by atoms with van der Waals surface area (Å²) in [6.07, 6.45) is -4.30. The van der Waals surface area contributed by atoms with Crippen molar-refractivity contribution in [3.8, 4) is 0 Å². The molecule has 3 unspecified atom stereocenters. The summed E-state index contributed by atoms with van der Waals surface area (Å²) < 4.78 is 0. The largest absolute Gasteiger partial charge is 0.606 e. The van der Waals surface area contributed by atoms with E-state index in [9.17, 15) is 14.8 Å². The number of nitrogens with one attached hydrogen (secondary N) is 2. The second kappa shape index (κ2) is 4.81. The zero-order valence-corrected chi connectivity index (χ0v) is 6.43. The highest BCUT2D eigenvalue weighted by atomic mass is 16.5. The van der Waals surface area contributed by atoms with Crippen LogP contribution in [-0.2, 0) is 9.59 Å². The zero-order valence-electron chi connectivity index (χ0n) is 6.43. The van der Waals surface area contributed by atoms with Crippen molar-refractivity contribution in [1.29, 1.82) is 0 Å². The number of hydrogen-bond acceptors (Lipinski definition) is 7. The van der Waals surface area contributed by atoms with Crippen LogP contribution in [0.5, 0.6) is 0 Å². The maximum atomic E-state index is 10.6. The first-order valence-corrected chi connectivity index (χ1v) is 3.12. The standard InChI is InChI=1S/C4H10N4O5/c5-7-3(11)1(9)2(10)4(12)8(6)13/h1-2,8-10H,5-6H2,(H,7,11). The Kier molecular flexibility index (Phi) is 4.40. The molecule has 0 spiro atoms. The average Bonchev–Trinajstić information content (AvgIpc) is 2.12. The number of hydrogen-bond donors (Lipinski definition) is 6. The van der Waals surface area contributed by atoms with Gasteiger partial charge in [0.25, 0.3) is 5.91 Å². The minimum absolute atomic E-state index is 1.19. The van der Waals surface area contributed by atoms with Crippen molar-refractivity contribution in [1.82, 2.24) is 5.43 Å². The molecule has 0 aromatic heterocycles. The Morgan fingerprint density at radius 2 is 1.85 bits per heavy atom. The molecule has 0 heterocycles. The third-order valence-corrected chi connectivity index (χ3v) is 1.22. The van der Waals surface area contributed by atoms with E-state index in [2.05, 4.69) is 11.7 Å². The van der Waals surface area contributed by atoms with Gasteiger partial charge in [-0.15, -0.1) is 0 Å². The number of amides is 2. The summed E-state index contributed by atoms with van der Waals surface area (Å²) >= 11 is 0. The molecule has 9 nitrogen and oxygen atoms in total. The van der Waals surface area contributed by atoms with Crippen molar-refractivity contribution in [3.05, 3.63) is 5.21 Å². The SMILES string of the molecule is NNC(=O)C(O)C(O)C(=O)[NH+](N)[O-]. The lowest BCUT2D eigenvalue weighted by Crippen LogP contribution is -3.17. The molecule has 0 aliphatic rings. The molecule has 0 saturated carbocycles. The van der Waals surface area contributed by atoms with Gasteiger partial charge in [-0.05, 0) is 0 Å². The van der Waals surface area contributed by atoms with Crippen molar-refractivity contribution >= 4 is 11.8 Å². The van der Waals surface area contributed by atoms with Crippen LogP contribution < -0.4 is 22.3 Å². The van der Waals surface area contributed by atoms with Crippen LogP contribution in [0.15, 0.2) is 0 Å². The molecule has 2 amide bonds. The van der Waals surface area contributed by atoms with Gasteiger partial charge in [0.1, 0.15) is 0 Å². The van der Waals surface area contributed by atoms with E-state index in [-0.39, 0.29) is 0 Å². The predicted octanol–water partition coefficient (Wildman–Crippen LogP) is -5.52. The van der Waals surface area contributed by atoms with Gasteiger partial charge in [0.15, 0.2) is 6.10 Å². The lowest BCUT2D eigenvalue weighted by molar-refractivity contribution is -0.780.